The molecule has 0 aromatic carbocycles. The minimum Gasteiger partial charge on any atom is -0.462 e. The molecule has 0 aliphatic carbocycles. The van der Waals surface area contributed by atoms with Gasteiger partial charge in [0.1, 0.15) is 19.3 Å². The number of hydrogen-bond donors (Lipinski definition) is 3. The van der Waals surface area contributed by atoms with Gasteiger partial charge in [0.15, 0.2) is 12.2 Å². The van der Waals surface area contributed by atoms with Gasteiger partial charge in [-0.1, -0.05) is 331 Å². The van der Waals surface area contributed by atoms with Crippen LogP contribution in [0.3, 0.4) is 0 Å². The number of hydrogen-bond acceptors (Lipinski definition) is 15. The van der Waals surface area contributed by atoms with Crippen LogP contribution in [0, 0.1) is 17.8 Å². The van der Waals surface area contributed by atoms with Crippen LogP contribution in [0.2, 0.25) is 0 Å². The molecule has 0 radical (unpaired) electrons. The Morgan fingerprint density at radius 2 is 0.511 bits per heavy atom. The van der Waals surface area contributed by atoms with Crippen molar-refractivity contribution in [3.8, 4) is 0 Å². The molecule has 5 unspecified atom stereocenters. The predicted molar refractivity (Wildman–Crippen MR) is 381 cm³/mol. The second kappa shape index (κ2) is 65.7. The summed E-state index contributed by atoms with van der Waals surface area (Å²) in [7, 11) is -9.91. The first-order chi connectivity index (χ1) is 45.3. The molecule has 94 heavy (non-hydrogen) atoms. The molecule has 0 heterocycles. The van der Waals surface area contributed by atoms with Crippen LogP contribution in [0.15, 0.2) is 0 Å². The SMILES string of the molecule is CCCCCCCCCCCCCCCCCCCCCCC(=O)O[C@H](COC(=O)CCCCCCCCCCCCC(C)CC)COP(=O)(O)OC[C@@H](O)COP(=O)(O)OC[C@@H](COC(=O)CCCCCCCCC(C)CC)OC(=O)CCCCCCCCC(C)CC. The van der Waals surface area contributed by atoms with Gasteiger partial charge in [0, 0.05) is 25.7 Å². The lowest BCUT2D eigenvalue weighted by atomic mass is 9.99. The van der Waals surface area contributed by atoms with Gasteiger partial charge in [-0.3, -0.25) is 37.3 Å². The normalized spacial score (nSPS) is 15.0. The van der Waals surface area contributed by atoms with Gasteiger partial charge in [-0.2, -0.15) is 0 Å². The van der Waals surface area contributed by atoms with E-state index in [1.54, 1.807) is 0 Å². The van der Waals surface area contributed by atoms with E-state index in [0.29, 0.717) is 25.7 Å². The third-order valence-corrected chi connectivity index (χ3v) is 20.4. The second-order valence-electron chi connectivity index (χ2n) is 27.8. The zero-order chi connectivity index (χ0) is 69.4. The third-order valence-electron chi connectivity index (χ3n) is 18.5. The number of phosphoric ester groups is 2. The maximum absolute atomic E-state index is 13.1. The maximum atomic E-state index is 13.1. The van der Waals surface area contributed by atoms with Gasteiger partial charge in [0.25, 0.3) is 0 Å². The minimum atomic E-state index is -4.96. The number of ether oxygens (including phenoxy) is 4. The van der Waals surface area contributed by atoms with E-state index in [1.807, 2.05) is 0 Å². The average molecular weight is 1380 g/mol. The molecule has 8 atom stereocenters. The molecule has 19 heteroatoms. The van der Waals surface area contributed by atoms with Crippen molar-refractivity contribution in [1.29, 1.82) is 0 Å². The highest BCUT2D eigenvalue weighted by molar-refractivity contribution is 7.47. The summed E-state index contributed by atoms with van der Waals surface area (Å²) >= 11 is 0. The van der Waals surface area contributed by atoms with E-state index < -0.39 is 97.5 Å². The monoisotopic (exact) mass is 1380 g/mol. The van der Waals surface area contributed by atoms with Gasteiger partial charge in [-0.05, 0) is 43.4 Å². The molecular weight excluding hydrogens is 1230 g/mol. The van der Waals surface area contributed by atoms with Gasteiger partial charge in [0.05, 0.1) is 26.4 Å². The van der Waals surface area contributed by atoms with Crippen LogP contribution in [-0.2, 0) is 65.4 Å². The molecule has 0 fully saturated rings. The Balaban J connectivity index is 5.22. The Bertz CT molecular complexity index is 1840. The van der Waals surface area contributed by atoms with Crippen LogP contribution >= 0.6 is 15.6 Å². The van der Waals surface area contributed by atoms with Crippen molar-refractivity contribution in [2.45, 2.75) is 401 Å². The van der Waals surface area contributed by atoms with Gasteiger partial charge >= 0.3 is 39.5 Å². The molecule has 0 bridgehead atoms. The Morgan fingerprint density at radius 1 is 0.298 bits per heavy atom. The molecule has 0 rings (SSSR count). The van der Waals surface area contributed by atoms with Crippen LogP contribution < -0.4 is 0 Å². The van der Waals surface area contributed by atoms with Crippen molar-refractivity contribution in [3.63, 3.8) is 0 Å². The average Bonchev–Trinajstić information content (AvgIpc) is 1.17. The Labute approximate surface area is 575 Å². The topological polar surface area (TPSA) is 237 Å². The lowest BCUT2D eigenvalue weighted by Crippen LogP contribution is -2.30. The fourth-order valence-corrected chi connectivity index (χ4v) is 12.9. The van der Waals surface area contributed by atoms with Gasteiger partial charge in [0.2, 0.25) is 0 Å². The molecule has 558 valence electrons. The van der Waals surface area contributed by atoms with Crippen LogP contribution in [0.1, 0.15) is 382 Å². The van der Waals surface area contributed by atoms with Crippen LogP contribution in [0.5, 0.6) is 0 Å². The van der Waals surface area contributed by atoms with Crippen molar-refractivity contribution < 1.29 is 80.2 Å². The molecule has 0 saturated heterocycles. The molecule has 0 aromatic rings. The molecule has 0 saturated carbocycles. The predicted octanol–water partition coefficient (Wildman–Crippen LogP) is 21.8. The summed E-state index contributed by atoms with van der Waals surface area (Å²) in [6, 6.07) is 0. The number of phosphoric acid groups is 2. The lowest BCUT2D eigenvalue weighted by molar-refractivity contribution is -0.161. The summed E-state index contributed by atoms with van der Waals surface area (Å²) in [5.74, 6) is 0.136. The van der Waals surface area contributed by atoms with Gasteiger partial charge in [-0.15, -0.1) is 0 Å². The summed E-state index contributed by atoms with van der Waals surface area (Å²) in [5, 5.41) is 10.6. The lowest BCUT2D eigenvalue weighted by Gasteiger charge is -2.21. The van der Waals surface area contributed by atoms with Gasteiger partial charge < -0.3 is 33.8 Å². The number of aliphatic hydroxyl groups excluding tert-OH is 1. The van der Waals surface area contributed by atoms with E-state index in [0.717, 1.165) is 114 Å². The Morgan fingerprint density at radius 3 is 0.755 bits per heavy atom. The maximum Gasteiger partial charge on any atom is 0.472 e. The standard InChI is InChI=1S/C75H146O17P2/c1-8-12-13-14-15-16-17-18-19-20-21-22-23-24-25-26-31-34-44-51-58-74(79)91-70(62-85-72(77)56-49-42-33-30-28-27-29-32-39-46-53-66(5)9-2)64-89-93(81,82)87-60-69(76)61-88-94(83,84)90-65-71(92-75(80)59-52-45-38-36-41-48-55-68(7)11-4)63-86-73(78)57-50-43-37-35-40-47-54-67(6)10-3/h66-71,76H,8-65H2,1-7H3,(H,81,82)(H,83,84)/t66?,67?,68?,69-,70-,71-/m1/s1. The minimum absolute atomic E-state index is 0.102. The van der Waals surface area contributed by atoms with Crippen molar-refractivity contribution in [1.82, 2.24) is 0 Å². The molecule has 0 aromatic heterocycles. The highest BCUT2D eigenvalue weighted by Crippen LogP contribution is 2.45. The first-order valence-corrected chi connectivity index (χ1v) is 42.0. The Hall–Kier alpha value is -1.94. The summed E-state index contributed by atoms with van der Waals surface area (Å²) in [6.07, 6.45) is 51.5. The molecule has 0 amide bonds. The molecule has 17 nitrogen and oxygen atoms in total. The van der Waals surface area contributed by atoms with E-state index in [2.05, 4.69) is 48.5 Å². The van der Waals surface area contributed by atoms with Crippen LogP contribution in [0.4, 0.5) is 0 Å². The fraction of sp³-hybridized carbons (Fsp3) is 0.947. The molecule has 0 aliphatic heterocycles. The summed E-state index contributed by atoms with van der Waals surface area (Å²) in [6.45, 7) is 11.8. The zero-order valence-electron chi connectivity index (χ0n) is 61.4. The zero-order valence-corrected chi connectivity index (χ0v) is 63.2. The number of unbranched alkanes of at least 4 members (excludes halogenated alkanes) is 38. The van der Waals surface area contributed by atoms with E-state index in [4.69, 9.17) is 37.0 Å². The molecular formula is C75H146O17P2. The summed E-state index contributed by atoms with van der Waals surface area (Å²) < 4.78 is 68.4. The summed E-state index contributed by atoms with van der Waals surface area (Å²) in [4.78, 5) is 72.7. The molecule has 0 aliphatic rings. The van der Waals surface area contributed by atoms with Crippen molar-refractivity contribution >= 4 is 39.5 Å². The second-order valence-corrected chi connectivity index (χ2v) is 30.7. The highest BCUT2D eigenvalue weighted by atomic mass is 31.2. The highest BCUT2D eigenvalue weighted by Gasteiger charge is 2.30. The number of rotatable bonds is 73. The fourth-order valence-electron chi connectivity index (χ4n) is 11.3. The van der Waals surface area contributed by atoms with E-state index in [-0.39, 0.29) is 25.7 Å². The molecule has 3 N–H and O–H groups in total. The number of aliphatic hydroxyl groups is 1. The van der Waals surface area contributed by atoms with Crippen LogP contribution in [-0.4, -0.2) is 96.7 Å². The van der Waals surface area contributed by atoms with Crippen molar-refractivity contribution in [2.75, 3.05) is 39.6 Å². The molecule has 0 spiro atoms. The quantitative estimate of drug-likeness (QED) is 0.0222. The smallest absolute Gasteiger partial charge is 0.462 e. The van der Waals surface area contributed by atoms with E-state index in [9.17, 15) is 43.2 Å². The summed E-state index contributed by atoms with van der Waals surface area (Å²) in [5.41, 5.74) is 0. The van der Waals surface area contributed by atoms with Crippen LogP contribution in [0.25, 0.3) is 0 Å². The first kappa shape index (κ1) is 92.1. The third kappa shape index (κ3) is 64.7. The van der Waals surface area contributed by atoms with Crippen molar-refractivity contribution in [3.05, 3.63) is 0 Å². The number of carbonyl (C=O) groups excluding carboxylic acids is 4. The first-order valence-electron chi connectivity index (χ1n) is 39.0. The van der Waals surface area contributed by atoms with E-state index >= 15 is 0 Å². The van der Waals surface area contributed by atoms with E-state index in [1.165, 1.54) is 186 Å². The largest absolute Gasteiger partial charge is 0.472 e. The van der Waals surface area contributed by atoms with Crippen molar-refractivity contribution in [2.24, 2.45) is 17.8 Å². The van der Waals surface area contributed by atoms with Gasteiger partial charge in [-0.25, -0.2) is 9.13 Å². The number of esters is 4. The Kier molecular flexibility index (Phi) is 64.3. The number of carbonyl (C=O) groups is 4.